The SMILES string of the molecule is C[C@@H](Oc1ccc2[nH]nc(-c3nc4c([nH]3)CN(C(=O)OC3CCN(C)C3)C4)c2c1)c1c(Cl)cncc1Cl. The maximum Gasteiger partial charge on any atom is 0.410 e. The number of ether oxygens (including phenoxy) is 2. The van der Waals surface area contributed by atoms with Crippen LogP contribution in [-0.4, -0.2) is 67.3 Å². The van der Waals surface area contributed by atoms with Gasteiger partial charge >= 0.3 is 6.09 Å². The Morgan fingerprint density at radius 1 is 1.22 bits per heavy atom. The van der Waals surface area contributed by atoms with Crippen molar-refractivity contribution in [3.63, 3.8) is 0 Å². The van der Waals surface area contributed by atoms with Gasteiger partial charge in [-0.3, -0.25) is 15.0 Å². The lowest BCUT2D eigenvalue weighted by molar-refractivity contribution is 0.0655. The number of imidazole rings is 1. The molecule has 2 aliphatic heterocycles. The van der Waals surface area contributed by atoms with Crippen molar-refractivity contribution < 1.29 is 14.3 Å². The predicted octanol–water partition coefficient (Wildman–Crippen LogP) is 4.95. The van der Waals surface area contributed by atoms with Gasteiger partial charge in [0.05, 0.1) is 40.0 Å². The van der Waals surface area contributed by atoms with Crippen molar-refractivity contribution in [2.45, 2.75) is 38.6 Å². The summed E-state index contributed by atoms with van der Waals surface area (Å²) in [7, 11) is 2.03. The number of pyridine rings is 1. The molecule has 2 aliphatic rings. The first-order valence-electron chi connectivity index (χ1n) is 12.0. The van der Waals surface area contributed by atoms with E-state index < -0.39 is 6.10 Å². The fraction of sp³-hybridized carbons (Fsp3) is 0.360. The Labute approximate surface area is 222 Å². The molecule has 5 heterocycles. The zero-order valence-electron chi connectivity index (χ0n) is 20.3. The summed E-state index contributed by atoms with van der Waals surface area (Å²) in [5.41, 5.74) is 3.89. The molecule has 0 aliphatic carbocycles. The van der Waals surface area contributed by atoms with Crippen molar-refractivity contribution in [1.29, 1.82) is 0 Å². The lowest BCUT2D eigenvalue weighted by atomic mass is 10.1. The lowest BCUT2D eigenvalue weighted by Gasteiger charge is -2.19. The summed E-state index contributed by atoms with van der Waals surface area (Å²) in [4.78, 5) is 28.5. The Morgan fingerprint density at radius 2 is 2.03 bits per heavy atom. The highest BCUT2D eigenvalue weighted by molar-refractivity contribution is 6.35. The van der Waals surface area contributed by atoms with Crippen molar-refractivity contribution >= 4 is 40.2 Å². The minimum atomic E-state index is -0.390. The van der Waals surface area contributed by atoms with E-state index in [1.807, 2.05) is 32.2 Å². The average Bonchev–Trinajstić information content (AvgIpc) is 3.62. The quantitative estimate of drug-likeness (QED) is 0.367. The van der Waals surface area contributed by atoms with Crippen LogP contribution < -0.4 is 4.74 Å². The number of fused-ring (bicyclic) bond motifs is 2. The number of nitrogens with zero attached hydrogens (tertiary/aromatic N) is 5. The maximum atomic E-state index is 12.6. The van der Waals surface area contributed by atoms with Gasteiger partial charge in [-0.1, -0.05) is 23.2 Å². The third kappa shape index (κ3) is 4.60. The molecule has 0 spiro atoms. The van der Waals surface area contributed by atoms with Crippen LogP contribution in [0.25, 0.3) is 22.4 Å². The van der Waals surface area contributed by atoms with Crippen LogP contribution in [0.15, 0.2) is 30.6 Å². The topological polar surface area (TPSA) is 112 Å². The van der Waals surface area contributed by atoms with E-state index in [4.69, 9.17) is 37.7 Å². The number of carbonyl (C=O) groups excluding carboxylic acids is 1. The Bertz CT molecular complexity index is 1440. The Morgan fingerprint density at radius 3 is 2.76 bits per heavy atom. The third-order valence-corrected chi connectivity index (χ3v) is 7.40. The Hall–Kier alpha value is -3.34. The highest BCUT2D eigenvalue weighted by Gasteiger charge is 2.32. The van der Waals surface area contributed by atoms with Gasteiger partial charge in [0.25, 0.3) is 0 Å². The van der Waals surface area contributed by atoms with Crippen LogP contribution in [0.4, 0.5) is 4.79 Å². The number of likely N-dealkylation sites (N-methyl/N-ethyl adjacent to an activating group) is 1. The van der Waals surface area contributed by atoms with Crippen LogP contribution in [0.3, 0.4) is 0 Å². The van der Waals surface area contributed by atoms with E-state index in [1.165, 1.54) is 0 Å². The van der Waals surface area contributed by atoms with Gasteiger partial charge in [-0.05, 0) is 38.6 Å². The Balaban J connectivity index is 1.19. The summed E-state index contributed by atoms with van der Waals surface area (Å²) >= 11 is 12.6. The number of amides is 1. The van der Waals surface area contributed by atoms with Gasteiger partial charge in [0.2, 0.25) is 0 Å². The summed E-state index contributed by atoms with van der Waals surface area (Å²) in [5, 5.41) is 9.28. The number of aromatic amines is 2. The molecule has 1 aromatic carbocycles. The highest BCUT2D eigenvalue weighted by Crippen LogP contribution is 2.35. The number of nitrogens with one attached hydrogen (secondary N) is 2. The number of H-pyrrole nitrogens is 2. The van der Waals surface area contributed by atoms with Crippen LogP contribution in [0.5, 0.6) is 5.75 Å². The summed E-state index contributed by atoms with van der Waals surface area (Å²) < 4.78 is 11.8. The van der Waals surface area contributed by atoms with Gasteiger partial charge in [0, 0.05) is 36.4 Å². The van der Waals surface area contributed by atoms with Crippen molar-refractivity contribution in [3.8, 4) is 17.3 Å². The molecular weight excluding hydrogens is 517 g/mol. The summed E-state index contributed by atoms with van der Waals surface area (Å²) in [6, 6.07) is 5.67. The van der Waals surface area contributed by atoms with Crippen LogP contribution in [-0.2, 0) is 17.8 Å². The standard InChI is InChI=1S/C25H25Cl2N7O3/c1-13(22-17(26)8-28-9-18(22)27)36-14-3-4-19-16(7-14)23(32-31-19)24-29-20-11-34(12-21(20)30-24)25(35)37-15-5-6-33(2)10-15/h3-4,7-9,13,15H,5-6,10-12H2,1-2H3,(H,29,30)(H,31,32)/t13-,15?/m1/s1. The van der Waals surface area contributed by atoms with E-state index in [1.54, 1.807) is 17.3 Å². The maximum absolute atomic E-state index is 12.6. The monoisotopic (exact) mass is 541 g/mol. The minimum absolute atomic E-state index is 0.0554. The van der Waals surface area contributed by atoms with Crippen molar-refractivity contribution in [3.05, 3.63) is 57.6 Å². The molecule has 1 amide bonds. The van der Waals surface area contributed by atoms with E-state index in [9.17, 15) is 4.79 Å². The second-order valence-electron chi connectivity index (χ2n) is 9.48. The van der Waals surface area contributed by atoms with Crippen molar-refractivity contribution in [1.82, 2.24) is 34.9 Å². The fourth-order valence-corrected chi connectivity index (χ4v) is 5.58. The van der Waals surface area contributed by atoms with E-state index in [2.05, 4.69) is 25.1 Å². The molecule has 0 bridgehead atoms. The molecule has 10 nitrogen and oxygen atoms in total. The van der Waals surface area contributed by atoms with E-state index in [0.29, 0.717) is 46.0 Å². The number of hydrogen-bond acceptors (Lipinski definition) is 7. The molecule has 0 radical (unpaired) electrons. The van der Waals surface area contributed by atoms with Crippen LogP contribution >= 0.6 is 23.2 Å². The Kier molecular flexibility index (Phi) is 6.18. The van der Waals surface area contributed by atoms with Gasteiger partial charge in [-0.25, -0.2) is 9.78 Å². The zero-order valence-corrected chi connectivity index (χ0v) is 21.8. The molecule has 1 saturated heterocycles. The molecule has 2 atom stereocenters. The molecule has 192 valence electrons. The van der Waals surface area contributed by atoms with Crippen molar-refractivity contribution in [2.75, 3.05) is 20.1 Å². The second kappa shape index (κ2) is 9.51. The van der Waals surface area contributed by atoms with Crippen LogP contribution in [0, 0.1) is 0 Å². The normalized spacial score (nSPS) is 18.4. The fourth-order valence-electron chi connectivity index (χ4n) is 4.90. The van der Waals surface area contributed by atoms with Gasteiger partial charge in [-0.2, -0.15) is 5.10 Å². The summed E-state index contributed by atoms with van der Waals surface area (Å²) in [6.07, 6.45) is 3.21. The first kappa shape index (κ1) is 24.0. The predicted molar refractivity (Wildman–Crippen MR) is 139 cm³/mol. The smallest absolute Gasteiger partial charge is 0.410 e. The van der Waals surface area contributed by atoms with Crippen molar-refractivity contribution in [2.24, 2.45) is 0 Å². The molecule has 6 rings (SSSR count). The van der Waals surface area contributed by atoms with Gasteiger partial charge in [0.15, 0.2) is 5.82 Å². The number of halogens is 2. The number of likely N-dealkylation sites (tertiary alicyclic amines) is 1. The number of benzene rings is 1. The number of aromatic nitrogens is 5. The van der Waals surface area contributed by atoms with Crippen LogP contribution in [0.2, 0.25) is 10.0 Å². The van der Waals surface area contributed by atoms with E-state index in [-0.39, 0.29) is 12.2 Å². The lowest BCUT2D eigenvalue weighted by Crippen LogP contribution is -2.31. The van der Waals surface area contributed by atoms with Gasteiger partial charge in [-0.15, -0.1) is 0 Å². The number of rotatable bonds is 5. The molecule has 12 heteroatoms. The first-order valence-corrected chi connectivity index (χ1v) is 12.8. The zero-order chi connectivity index (χ0) is 25.7. The molecule has 3 aromatic heterocycles. The largest absolute Gasteiger partial charge is 0.486 e. The molecule has 1 unspecified atom stereocenters. The third-order valence-electron chi connectivity index (χ3n) is 6.80. The van der Waals surface area contributed by atoms with Crippen LogP contribution in [0.1, 0.15) is 36.4 Å². The molecule has 1 fully saturated rings. The van der Waals surface area contributed by atoms with E-state index >= 15 is 0 Å². The number of carbonyl (C=O) groups is 1. The average molecular weight is 542 g/mol. The molecule has 2 N–H and O–H groups in total. The summed E-state index contributed by atoms with van der Waals surface area (Å²) in [5.74, 6) is 1.27. The van der Waals surface area contributed by atoms with Gasteiger partial charge < -0.3 is 19.4 Å². The first-order chi connectivity index (χ1) is 17.9. The second-order valence-corrected chi connectivity index (χ2v) is 10.3. The molecular formula is C25H25Cl2N7O3. The number of hydrogen-bond donors (Lipinski definition) is 2. The molecule has 37 heavy (non-hydrogen) atoms. The minimum Gasteiger partial charge on any atom is -0.486 e. The highest BCUT2D eigenvalue weighted by atomic mass is 35.5. The molecule has 0 saturated carbocycles. The molecule has 4 aromatic rings. The summed E-state index contributed by atoms with van der Waals surface area (Å²) in [6.45, 7) is 4.41. The van der Waals surface area contributed by atoms with E-state index in [0.717, 1.165) is 41.8 Å². The van der Waals surface area contributed by atoms with Gasteiger partial charge in [0.1, 0.15) is 23.7 Å².